The molecule has 0 atom stereocenters. The molecule has 2 rings (SSSR count). The molecule has 1 aliphatic rings. The Bertz CT molecular complexity index is 547. The fraction of sp³-hybridized carbons (Fsp3) is 0.609. The molecule has 0 aromatic heterocycles. The first-order chi connectivity index (χ1) is 12.8. The molecule has 1 saturated heterocycles. The van der Waals surface area contributed by atoms with Gasteiger partial charge in [0.05, 0.1) is 0 Å². The van der Waals surface area contributed by atoms with Crippen molar-refractivity contribution in [3.05, 3.63) is 42.0 Å². The van der Waals surface area contributed by atoms with Gasteiger partial charge in [0.1, 0.15) is 0 Å². The number of hydrogen-bond acceptors (Lipinski definition) is 3. The maximum atomic E-state index is 10.8. The topological polar surface area (TPSA) is 23.6 Å². The summed E-state index contributed by atoms with van der Waals surface area (Å²) >= 11 is 0. The van der Waals surface area contributed by atoms with E-state index < -0.39 is 0 Å². The molecule has 1 aliphatic heterocycles. The molecule has 3 heteroatoms. The van der Waals surface area contributed by atoms with Gasteiger partial charge in [-0.25, -0.2) is 0 Å². The van der Waals surface area contributed by atoms with Crippen LogP contribution in [-0.2, 0) is 11.2 Å². The van der Waals surface area contributed by atoms with Gasteiger partial charge in [-0.3, -0.25) is 4.79 Å². The van der Waals surface area contributed by atoms with Crippen LogP contribution in [0.2, 0.25) is 0 Å². The minimum absolute atomic E-state index is 0.165. The Balaban J connectivity index is 1.90. The number of hydrogen-bond donors (Lipinski definition) is 0. The van der Waals surface area contributed by atoms with E-state index in [1.54, 1.807) is 0 Å². The van der Waals surface area contributed by atoms with Crippen LogP contribution in [0.15, 0.2) is 36.4 Å². The molecule has 143 valence electrons. The Morgan fingerprint density at radius 3 is 2.77 bits per heavy atom. The summed E-state index contributed by atoms with van der Waals surface area (Å²) in [5.41, 5.74) is 2.75. The number of rotatable bonds is 11. The molecule has 0 amide bonds. The number of likely N-dealkylation sites (tertiary alicyclic amines) is 1. The zero-order chi connectivity index (χ0) is 18.6. The molecule has 1 aromatic carbocycles. The maximum Gasteiger partial charge on any atom is 0.201 e. The summed E-state index contributed by atoms with van der Waals surface area (Å²) in [4.78, 5) is 15.7. The van der Waals surface area contributed by atoms with Crippen LogP contribution >= 0.6 is 0 Å². The SMILES string of the molecule is C/C=C/CN(CCCCC)c1cccc(CCN2CCC([C]=O)CC2)c1. The van der Waals surface area contributed by atoms with Crippen LogP contribution in [0.1, 0.15) is 51.5 Å². The van der Waals surface area contributed by atoms with Crippen LogP contribution in [0, 0.1) is 5.92 Å². The minimum Gasteiger partial charge on any atom is -0.368 e. The van der Waals surface area contributed by atoms with Crippen LogP contribution in [0.25, 0.3) is 0 Å². The molecule has 0 saturated carbocycles. The fourth-order valence-electron chi connectivity index (χ4n) is 3.58. The second-order valence-electron chi connectivity index (χ2n) is 7.38. The molecule has 0 spiro atoms. The lowest BCUT2D eigenvalue weighted by atomic mass is 9.98. The lowest BCUT2D eigenvalue weighted by molar-refractivity contribution is 0.210. The van der Waals surface area contributed by atoms with Gasteiger partial charge in [-0.05, 0) is 63.4 Å². The second kappa shape index (κ2) is 11.9. The molecule has 0 N–H and O–H groups in total. The van der Waals surface area contributed by atoms with Crippen LogP contribution in [0.3, 0.4) is 0 Å². The van der Waals surface area contributed by atoms with Crippen LogP contribution in [0.5, 0.6) is 0 Å². The Labute approximate surface area is 160 Å². The number of unbranched alkanes of at least 4 members (excludes halogenated alkanes) is 2. The first-order valence-electron chi connectivity index (χ1n) is 10.3. The number of anilines is 1. The van der Waals surface area contributed by atoms with Gasteiger partial charge in [-0.15, -0.1) is 0 Å². The Hall–Kier alpha value is -1.61. The van der Waals surface area contributed by atoms with Crippen molar-refractivity contribution in [2.45, 2.75) is 52.4 Å². The van der Waals surface area contributed by atoms with E-state index >= 15 is 0 Å². The Morgan fingerprint density at radius 2 is 2.08 bits per heavy atom. The third-order valence-electron chi connectivity index (χ3n) is 5.34. The number of allylic oxidation sites excluding steroid dienone is 1. The van der Waals surface area contributed by atoms with E-state index in [4.69, 9.17) is 0 Å². The summed E-state index contributed by atoms with van der Waals surface area (Å²) in [7, 11) is 0. The molecule has 1 radical (unpaired) electrons. The first kappa shape index (κ1) is 20.7. The number of nitrogens with zero attached hydrogens (tertiary/aromatic N) is 2. The average Bonchev–Trinajstić information content (AvgIpc) is 2.69. The maximum absolute atomic E-state index is 10.8. The van der Waals surface area contributed by atoms with E-state index in [1.165, 1.54) is 30.5 Å². The lowest BCUT2D eigenvalue weighted by Crippen LogP contribution is -2.35. The Morgan fingerprint density at radius 1 is 1.27 bits per heavy atom. The van der Waals surface area contributed by atoms with Crippen molar-refractivity contribution in [1.82, 2.24) is 4.90 Å². The van der Waals surface area contributed by atoms with Gasteiger partial charge in [0, 0.05) is 31.2 Å². The van der Waals surface area contributed by atoms with Crippen molar-refractivity contribution in [3.63, 3.8) is 0 Å². The first-order valence-corrected chi connectivity index (χ1v) is 10.3. The number of benzene rings is 1. The van der Waals surface area contributed by atoms with E-state index in [2.05, 4.69) is 66.4 Å². The highest BCUT2D eigenvalue weighted by Crippen LogP contribution is 2.19. The predicted octanol–water partition coefficient (Wildman–Crippen LogP) is 4.62. The Kier molecular flexibility index (Phi) is 9.47. The van der Waals surface area contributed by atoms with Gasteiger partial charge in [-0.1, -0.05) is 44.1 Å². The minimum atomic E-state index is 0.165. The van der Waals surface area contributed by atoms with E-state index in [0.717, 1.165) is 52.0 Å². The summed E-state index contributed by atoms with van der Waals surface area (Å²) in [6.45, 7) is 9.60. The summed E-state index contributed by atoms with van der Waals surface area (Å²) in [5.74, 6) is 0.165. The van der Waals surface area contributed by atoms with Crippen molar-refractivity contribution < 1.29 is 4.79 Å². The molecule has 0 unspecified atom stereocenters. The molecule has 0 bridgehead atoms. The molecule has 3 nitrogen and oxygen atoms in total. The smallest absolute Gasteiger partial charge is 0.201 e. The van der Waals surface area contributed by atoms with Crippen molar-refractivity contribution in [1.29, 1.82) is 0 Å². The van der Waals surface area contributed by atoms with Gasteiger partial charge in [-0.2, -0.15) is 0 Å². The average molecular weight is 356 g/mol. The van der Waals surface area contributed by atoms with Gasteiger partial charge < -0.3 is 9.80 Å². The standard InChI is InChI=1S/C23H35N2O/c1-3-5-7-15-25(14-6-4-2)23-10-8-9-21(19-23)11-16-24-17-12-22(20-26)13-18-24/h4,6,8-10,19,22H,3,5,7,11-18H2,1-2H3/b6-4+. The highest BCUT2D eigenvalue weighted by molar-refractivity contribution is 5.54. The highest BCUT2D eigenvalue weighted by Gasteiger charge is 2.18. The van der Waals surface area contributed by atoms with Crippen molar-refractivity contribution in [2.24, 2.45) is 5.92 Å². The van der Waals surface area contributed by atoms with Gasteiger partial charge in [0.2, 0.25) is 6.29 Å². The monoisotopic (exact) mass is 355 g/mol. The van der Waals surface area contributed by atoms with E-state index in [0.29, 0.717) is 0 Å². The number of piperidine rings is 1. The molecular weight excluding hydrogens is 320 g/mol. The largest absolute Gasteiger partial charge is 0.368 e. The van der Waals surface area contributed by atoms with Gasteiger partial charge in [0.25, 0.3) is 0 Å². The van der Waals surface area contributed by atoms with Crippen molar-refractivity contribution in [2.75, 3.05) is 37.6 Å². The molecule has 26 heavy (non-hydrogen) atoms. The van der Waals surface area contributed by atoms with Gasteiger partial charge >= 0.3 is 0 Å². The quantitative estimate of drug-likeness (QED) is 0.427. The lowest BCUT2D eigenvalue weighted by Gasteiger charge is -2.29. The van der Waals surface area contributed by atoms with Crippen LogP contribution in [0.4, 0.5) is 5.69 Å². The molecule has 1 aromatic rings. The fourth-order valence-corrected chi connectivity index (χ4v) is 3.58. The summed E-state index contributed by atoms with van der Waals surface area (Å²) < 4.78 is 0. The molecule has 0 aliphatic carbocycles. The molecular formula is C23H35N2O. The zero-order valence-corrected chi connectivity index (χ0v) is 16.6. The summed E-state index contributed by atoms with van der Waals surface area (Å²) in [6.07, 6.45) is 13.4. The number of carbonyl (C=O) groups excluding carboxylic acids is 1. The van der Waals surface area contributed by atoms with Crippen LogP contribution in [-0.4, -0.2) is 43.9 Å². The van der Waals surface area contributed by atoms with E-state index in [1.807, 2.05) is 0 Å². The normalized spacial score (nSPS) is 16.2. The van der Waals surface area contributed by atoms with E-state index in [-0.39, 0.29) is 5.92 Å². The molecule has 1 heterocycles. The second-order valence-corrected chi connectivity index (χ2v) is 7.38. The highest BCUT2D eigenvalue weighted by atomic mass is 16.1. The van der Waals surface area contributed by atoms with Gasteiger partial charge in [0.15, 0.2) is 0 Å². The third kappa shape index (κ3) is 6.95. The third-order valence-corrected chi connectivity index (χ3v) is 5.34. The van der Waals surface area contributed by atoms with E-state index in [9.17, 15) is 4.79 Å². The zero-order valence-electron chi connectivity index (χ0n) is 16.6. The van der Waals surface area contributed by atoms with Crippen molar-refractivity contribution in [3.8, 4) is 0 Å². The van der Waals surface area contributed by atoms with Crippen LogP contribution < -0.4 is 4.90 Å². The summed E-state index contributed by atoms with van der Waals surface area (Å²) in [5, 5.41) is 0. The predicted molar refractivity (Wildman–Crippen MR) is 112 cm³/mol. The van der Waals surface area contributed by atoms with Crippen molar-refractivity contribution >= 4 is 12.0 Å². The molecule has 1 fully saturated rings. The summed E-state index contributed by atoms with van der Waals surface area (Å²) in [6, 6.07) is 9.04.